The van der Waals surface area contributed by atoms with Gasteiger partial charge in [-0.3, -0.25) is 0 Å². The molecular formula is C28H26O5. The van der Waals surface area contributed by atoms with E-state index in [9.17, 15) is 4.79 Å². The summed E-state index contributed by atoms with van der Waals surface area (Å²) in [5.74, 6) is 0.648. The molecule has 0 bridgehead atoms. The van der Waals surface area contributed by atoms with E-state index >= 15 is 0 Å². The van der Waals surface area contributed by atoms with Crippen LogP contribution >= 0.6 is 0 Å². The van der Waals surface area contributed by atoms with Crippen molar-refractivity contribution in [2.75, 3.05) is 13.7 Å². The highest BCUT2D eigenvalue weighted by molar-refractivity contribution is 5.93. The van der Waals surface area contributed by atoms with E-state index < -0.39 is 0 Å². The molecule has 0 N–H and O–H groups in total. The van der Waals surface area contributed by atoms with Crippen LogP contribution in [0.5, 0.6) is 5.75 Å². The fraction of sp³-hybridized carbons (Fsp3) is 0.250. The first-order valence-electron chi connectivity index (χ1n) is 11.2. The van der Waals surface area contributed by atoms with Crippen molar-refractivity contribution >= 4 is 11.0 Å². The minimum atomic E-state index is -0.381. The van der Waals surface area contributed by atoms with Crippen molar-refractivity contribution in [2.24, 2.45) is 0 Å². The first-order valence-corrected chi connectivity index (χ1v) is 11.2. The molecule has 5 heteroatoms. The van der Waals surface area contributed by atoms with Crippen LogP contribution in [-0.2, 0) is 16.1 Å². The van der Waals surface area contributed by atoms with Crippen molar-refractivity contribution in [3.05, 3.63) is 100 Å². The molecule has 2 atom stereocenters. The number of rotatable bonds is 6. The van der Waals surface area contributed by atoms with Crippen LogP contribution in [0.15, 0.2) is 88.1 Å². The lowest BCUT2D eigenvalue weighted by molar-refractivity contribution is -0.0599. The number of hydrogen-bond donors (Lipinski definition) is 0. The highest BCUT2D eigenvalue weighted by Gasteiger charge is 2.23. The van der Waals surface area contributed by atoms with Crippen molar-refractivity contribution in [2.45, 2.75) is 31.7 Å². The molecule has 0 saturated carbocycles. The molecular weight excluding hydrogens is 416 g/mol. The van der Waals surface area contributed by atoms with Gasteiger partial charge in [0.2, 0.25) is 0 Å². The lowest BCUT2D eigenvalue weighted by Crippen LogP contribution is -2.25. The van der Waals surface area contributed by atoms with Crippen molar-refractivity contribution < 1.29 is 18.6 Å². The molecule has 0 spiro atoms. The van der Waals surface area contributed by atoms with Gasteiger partial charge in [0.05, 0.1) is 12.2 Å². The Morgan fingerprint density at radius 3 is 2.70 bits per heavy atom. The molecule has 33 heavy (non-hydrogen) atoms. The number of benzene rings is 3. The summed E-state index contributed by atoms with van der Waals surface area (Å²) in [5, 5.41) is 0.872. The normalized spacial score (nSPS) is 18.3. The number of hydrogen-bond acceptors (Lipinski definition) is 5. The van der Waals surface area contributed by atoms with Gasteiger partial charge in [0.15, 0.2) is 0 Å². The second-order valence-electron chi connectivity index (χ2n) is 8.28. The molecule has 0 aliphatic carbocycles. The molecule has 2 heterocycles. The third-order valence-electron chi connectivity index (χ3n) is 6.10. The van der Waals surface area contributed by atoms with Crippen LogP contribution in [0.4, 0.5) is 0 Å². The Bertz CT molecular complexity index is 1290. The Morgan fingerprint density at radius 1 is 0.970 bits per heavy atom. The van der Waals surface area contributed by atoms with Gasteiger partial charge in [-0.2, -0.15) is 0 Å². The Kier molecular flexibility index (Phi) is 6.24. The van der Waals surface area contributed by atoms with E-state index in [0.29, 0.717) is 24.5 Å². The van der Waals surface area contributed by atoms with Gasteiger partial charge < -0.3 is 18.6 Å². The maximum Gasteiger partial charge on any atom is 0.336 e. The van der Waals surface area contributed by atoms with Crippen LogP contribution in [-0.4, -0.2) is 19.8 Å². The number of methoxy groups -OCH3 is 1. The van der Waals surface area contributed by atoms with Gasteiger partial charge in [-0.05, 0) is 46.9 Å². The molecule has 1 aromatic heterocycles. The van der Waals surface area contributed by atoms with Crippen LogP contribution in [0.3, 0.4) is 0 Å². The molecule has 168 valence electrons. The lowest BCUT2D eigenvalue weighted by Gasteiger charge is -2.29. The summed E-state index contributed by atoms with van der Waals surface area (Å²) in [5.41, 5.74) is 4.14. The quantitative estimate of drug-likeness (QED) is 0.348. The van der Waals surface area contributed by atoms with Gasteiger partial charge >= 0.3 is 5.63 Å². The maximum absolute atomic E-state index is 12.2. The van der Waals surface area contributed by atoms with E-state index in [4.69, 9.17) is 18.6 Å². The van der Waals surface area contributed by atoms with Gasteiger partial charge in [-0.1, -0.05) is 48.5 Å². The van der Waals surface area contributed by atoms with Gasteiger partial charge in [-0.15, -0.1) is 0 Å². The monoisotopic (exact) mass is 442 g/mol. The summed E-state index contributed by atoms with van der Waals surface area (Å²) in [7, 11) is 1.76. The Labute approximate surface area is 192 Å². The predicted molar refractivity (Wildman–Crippen MR) is 127 cm³/mol. The zero-order valence-corrected chi connectivity index (χ0v) is 18.5. The summed E-state index contributed by atoms with van der Waals surface area (Å²) in [4.78, 5) is 12.2. The largest absolute Gasteiger partial charge is 0.489 e. The van der Waals surface area contributed by atoms with Gasteiger partial charge in [0.25, 0.3) is 0 Å². The second kappa shape index (κ2) is 9.61. The Morgan fingerprint density at radius 2 is 1.85 bits per heavy atom. The number of ether oxygens (including phenoxy) is 3. The van der Waals surface area contributed by atoms with Gasteiger partial charge in [0, 0.05) is 37.7 Å². The molecule has 4 aromatic rings. The van der Waals surface area contributed by atoms with Crippen LogP contribution in [0, 0.1) is 0 Å². The fourth-order valence-corrected chi connectivity index (χ4v) is 4.35. The van der Waals surface area contributed by atoms with E-state index in [2.05, 4.69) is 12.1 Å². The second-order valence-corrected chi connectivity index (χ2v) is 8.28. The van der Waals surface area contributed by atoms with Crippen LogP contribution in [0.25, 0.3) is 22.1 Å². The summed E-state index contributed by atoms with van der Waals surface area (Å²) in [6.45, 7) is 1.11. The molecule has 1 aliphatic rings. The predicted octanol–water partition coefficient (Wildman–Crippen LogP) is 5.91. The van der Waals surface area contributed by atoms with E-state index in [-0.39, 0.29) is 17.8 Å². The summed E-state index contributed by atoms with van der Waals surface area (Å²) in [6.07, 6.45) is 2.06. The Balaban J connectivity index is 1.35. The minimum Gasteiger partial charge on any atom is -0.489 e. The summed E-state index contributed by atoms with van der Waals surface area (Å²) >= 11 is 0. The zero-order valence-electron chi connectivity index (χ0n) is 18.5. The average Bonchev–Trinajstić information content (AvgIpc) is 2.87. The van der Waals surface area contributed by atoms with E-state index in [1.54, 1.807) is 13.2 Å². The molecule has 5 nitrogen and oxygen atoms in total. The average molecular weight is 443 g/mol. The molecule has 2 unspecified atom stereocenters. The molecule has 0 amide bonds. The third-order valence-corrected chi connectivity index (χ3v) is 6.10. The smallest absolute Gasteiger partial charge is 0.336 e. The van der Waals surface area contributed by atoms with Crippen molar-refractivity contribution in [1.29, 1.82) is 0 Å². The SMILES string of the molecule is COC1CCOC(c2cccc(COc3ccc4c(-c5ccccc5)cc(=O)oc4c3)c2)C1. The molecule has 0 radical (unpaired) electrons. The zero-order chi connectivity index (χ0) is 22.6. The number of fused-ring (bicyclic) bond motifs is 1. The molecule has 5 rings (SSSR count). The van der Waals surface area contributed by atoms with Crippen LogP contribution < -0.4 is 10.4 Å². The van der Waals surface area contributed by atoms with E-state index in [1.165, 1.54) is 6.07 Å². The molecule has 1 saturated heterocycles. The van der Waals surface area contributed by atoms with E-state index in [0.717, 1.165) is 40.5 Å². The van der Waals surface area contributed by atoms with Gasteiger partial charge in [-0.25, -0.2) is 4.79 Å². The van der Waals surface area contributed by atoms with Crippen molar-refractivity contribution in [3.63, 3.8) is 0 Å². The highest BCUT2D eigenvalue weighted by Crippen LogP contribution is 2.31. The van der Waals surface area contributed by atoms with Crippen molar-refractivity contribution in [3.8, 4) is 16.9 Å². The minimum absolute atomic E-state index is 0.0370. The first-order chi connectivity index (χ1) is 16.2. The van der Waals surface area contributed by atoms with Crippen LogP contribution in [0.1, 0.15) is 30.1 Å². The standard InChI is InChI=1S/C28H26O5/c1-30-22-12-13-31-26(15-22)21-9-5-6-19(14-21)18-32-23-10-11-24-25(20-7-3-2-4-8-20)17-28(29)33-27(24)16-23/h2-11,14,16-17,22,26H,12-13,15,18H2,1H3. The maximum atomic E-state index is 12.2. The highest BCUT2D eigenvalue weighted by atomic mass is 16.5. The molecule has 1 fully saturated rings. The third kappa shape index (κ3) is 4.85. The fourth-order valence-electron chi connectivity index (χ4n) is 4.35. The Hall–Kier alpha value is -3.41. The lowest BCUT2D eigenvalue weighted by atomic mass is 9.98. The molecule has 3 aromatic carbocycles. The molecule has 1 aliphatic heterocycles. The van der Waals surface area contributed by atoms with E-state index in [1.807, 2.05) is 54.6 Å². The van der Waals surface area contributed by atoms with Crippen molar-refractivity contribution in [1.82, 2.24) is 0 Å². The van der Waals surface area contributed by atoms with Crippen LogP contribution in [0.2, 0.25) is 0 Å². The first kappa shape index (κ1) is 21.4. The summed E-state index contributed by atoms with van der Waals surface area (Å²) < 4.78 is 23.0. The topological polar surface area (TPSA) is 57.9 Å². The van der Waals surface area contributed by atoms with Gasteiger partial charge in [0.1, 0.15) is 17.9 Å². The summed E-state index contributed by atoms with van der Waals surface area (Å²) in [6, 6.07) is 25.3.